The first-order valence-electron chi connectivity index (χ1n) is 30.6. The van der Waals surface area contributed by atoms with E-state index in [0.717, 1.165) is 68.2 Å². The Bertz CT molecular complexity index is 4290. The van der Waals surface area contributed by atoms with Crippen LogP contribution in [0.1, 0.15) is 61.2 Å². The molecule has 0 saturated carbocycles. The van der Waals surface area contributed by atoms with Gasteiger partial charge in [0.15, 0.2) is 0 Å². The van der Waals surface area contributed by atoms with Gasteiger partial charge in [-0.25, -0.2) is 0 Å². The number of nitrogens with zero attached hydrogens (tertiary/aromatic N) is 4. The van der Waals surface area contributed by atoms with Crippen LogP contribution in [0.4, 0.5) is 68.2 Å². The summed E-state index contributed by atoms with van der Waals surface area (Å²) in [5.74, 6) is 0. The summed E-state index contributed by atoms with van der Waals surface area (Å²) in [6.45, 7) is 15.1. The van der Waals surface area contributed by atoms with Crippen LogP contribution in [-0.2, 0) is 5.41 Å². The molecule has 426 valence electrons. The lowest BCUT2D eigenvalue weighted by Crippen LogP contribution is -2.29. The zero-order valence-electron chi connectivity index (χ0n) is 51.1. The molecule has 13 aromatic rings. The maximum Gasteiger partial charge on any atom is 0.0713 e. The van der Waals surface area contributed by atoms with Crippen molar-refractivity contribution >= 4 is 79.0 Å². The molecule has 0 aliphatic heterocycles. The van der Waals surface area contributed by atoms with Crippen molar-refractivity contribution in [2.45, 2.75) is 53.9 Å². The number of rotatable bonds is 14. The fourth-order valence-electron chi connectivity index (χ4n) is 13.2. The third-order valence-electron chi connectivity index (χ3n) is 17.8. The lowest BCUT2D eigenvalue weighted by molar-refractivity contribution is 0.768. The molecule has 1 aliphatic carbocycles. The third-order valence-corrected chi connectivity index (χ3v) is 17.8. The van der Waals surface area contributed by atoms with Crippen LogP contribution in [0.25, 0.3) is 21.9 Å². The van der Waals surface area contributed by atoms with Gasteiger partial charge in [0.2, 0.25) is 0 Å². The molecule has 13 aromatic carbocycles. The lowest BCUT2D eigenvalue weighted by atomic mass is 9.67. The van der Waals surface area contributed by atoms with Gasteiger partial charge in [-0.05, 0) is 238 Å². The van der Waals surface area contributed by atoms with E-state index in [-0.39, 0.29) is 0 Å². The van der Waals surface area contributed by atoms with Crippen molar-refractivity contribution in [2.75, 3.05) is 19.6 Å². The minimum atomic E-state index is -0.671. The fraction of sp³-hybridized carbons (Fsp3) is 0.0952. The van der Waals surface area contributed by atoms with Crippen molar-refractivity contribution in [3.05, 3.63) is 358 Å². The van der Waals surface area contributed by atoms with E-state index in [4.69, 9.17) is 0 Å². The SMILES string of the molecule is Cc1ccc(N(c2ccc(C)cc2)c2ccc(N(c3ccc(C)cc3)c3ccc(C4(c5ccc(N(c6ccc(C)cc6)c6ccc(N(c7ccc(C)cc7)c7ccc(C)cc7)cc6)cc5)c5cc(C)ccc5-c5c4ccc4ccccc54)cc3)cc2)cc1. The van der Waals surface area contributed by atoms with E-state index in [9.17, 15) is 0 Å². The van der Waals surface area contributed by atoms with Crippen molar-refractivity contribution in [3.8, 4) is 11.1 Å². The molecular weight excluding hydrogens is 1060 g/mol. The second-order valence-corrected chi connectivity index (χ2v) is 24.0. The monoisotopic (exact) mass is 1130 g/mol. The largest absolute Gasteiger partial charge is 0.311 e. The smallest absolute Gasteiger partial charge is 0.0713 e. The molecule has 0 bridgehead atoms. The summed E-state index contributed by atoms with van der Waals surface area (Å²) in [5, 5.41) is 2.49. The van der Waals surface area contributed by atoms with Gasteiger partial charge in [0.1, 0.15) is 0 Å². The van der Waals surface area contributed by atoms with E-state index in [1.807, 2.05) is 0 Å². The maximum atomic E-state index is 2.44. The Morgan fingerprint density at radius 3 is 0.761 bits per heavy atom. The second kappa shape index (κ2) is 23.0. The second-order valence-electron chi connectivity index (χ2n) is 24.0. The van der Waals surface area contributed by atoms with E-state index in [1.165, 1.54) is 83.1 Å². The molecule has 4 heteroatoms. The van der Waals surface area contributed by atoms with Crippen LogP contribution in [0.2, 0.25) is 0 Å². The van der Waals surface area contributed by atoms with E-state index < -0.39 is 5.41 Å². The highest BCUT2D eigenvalue weighted by molar-refractivity contribution is 6.04. The average molecular weight is 1140 g/mol. The Morgan fingerprint density at radius 2 is 0.466 bits per heavy atom. The third kappa shape index (κ3) is 10.2. The van der Waals surface area contributed by atoms with Crippen LogP contribution in [0.5, 0.6) is 0 Å². The number of benzene rings is 13. The maximum absolute atomic E-state index is 2.44. The van der Waals surface area contributed by atoms with Gasteiger partial charge >= 0.3 is 0 Å². The van der Waals surface area contributed by atoms with Gasteiger partial charge in [-0.15, -0.1) is 0 Å². The van der Waals surface area contributed by atoms with Crippen molar-refractivity contribution < 1.29 is 0 Å². The summed E-state index contributed by atoms with van der Waals surface area (Å²) < 4.78 is 0. The van der Waals surface area contributed by atoms with Crippen LogP contribution in [0, 0.1) is 48.5 Å². The van der Waals surface area contributed by atoms with E-state index in [1.54, 1.807) is 0 Å². The summed E-state index contributed by atoms with van der Waals surface area (Å²) in [7, 11) is 0. The first-order chi connectivity index (χ1) is 43.0. The molecule has 0 unspecified atom stereocenters. The molecule has 0 amide bonds. The standard InChI is InChI=1S/C84H70N4/c1-57-12-30-67(31-13-57)85(68-32-14-58(2)15-33-68)75-46-50-77(51-47-75)87(71-38-20-61(5)21-39-71)73-42-26-65(27-43-73)84(81-55-25-64-10-8-9-11-79(64)83(81)80-54-24-63(7)56-82(80)84)66-28-44-74(45-29-66)88(72-40-22-62(6)23-41-72)78-52-48-76(49-53-78)86(69-34-16-59(3)17-35-69)70-36-18-60(4)19-37-70/h8-56H,1-7H3. The average Bonchev–Trinajstić information content (AvgIpc) is 1.55. The summed E-state index contributed by atoms with van der Waals surface area (Å²) in [4.78, 5) is 9.46. The van der Waals surface area contributed by atoms with Crippen LogP contribution in [-0.4, -0.2) is 0 Å². The zero-order chi connectivity index (χ0) is 60.0. The Morgan fingerprint density at radius 1 is 0.216 bits per heavy atom. The predicted octanol–water partition coefficient (Wildman–Crippen LogP) is 23.2. The lowest BCUT2D eigenvalue weighted by Gasteiger charge is -2.35. The van der Waals surface area contributed by atoms with Crippen LogP contribution < -0.4 is 19.6 Å². The Kier molecular flexibility index (Phi) is 14.4. The number of fused-ring (bicyclic) bond motifs is 5. The molecular formula is C84H70N4. The van der Waals surface area contributed by atoms with Crippen LogP contribution in [0.15, 0.2) is 297 Å². The van der Waals surface area contributed by atoms with Gasteiger partial charge in [-0.2, -0.15) is 0 Å². The quantitative estimate of drug-likeness (QED) is 0.108. The summed E-state index contributed by atoms with van der Waals surface area (Å²) in [6, 6.07) is 111. The highest BCUT2D eigenvalue weighted by Crippen LogP contribution is 2.59. The molecule has 14 rings (SSSR count). The zero-order valence-corrected chi connectivity index (χ0v) is 51.1. The first kappa shape index (κ1) is 55.2. The van der Waals surface area contributed by atoms with Crippen molar-refractivity contribution in [1.29, 1.82) is 0 Å². The van der Waals surface area contributed by atoms with E-state index >= 15 is 0 Å². The first-order valence-corrected chi connectivity index (χ1v) is 30.6. The highest BCUT2D eigenvalue weighted by Gasteiger charge is 2.47. The Labute approximate surface area is 519 Å². The van der Waals surface area contributed by atoms with Crippen LogP contribution >= 0.6 is 0 Å². The minimum absolute atomic E-state index is 0.671. The number of hydrogen-bond donors (Lipinski definition) is 0. The molecule has 0 N–H and O–H groups in total. The van der Waals surface area contributed by atoms with Gasteiger partial charge in [0.25, 0.3) is 0 Å². The summed E-state index contributed by atoms with van der Waals surface area (Å²) >= 11 is 0. The van der Waals surface area contributed by atoms with E-state index in [0.29, 0.717) is 0 Å². The van der Waals surface area contributed by atoms with Gasteiger partial charge < -0.3 is 19.6 Å². The van der Waals surface area contributed by atoms with Crippen LogP contribution in [0.3, 0.4) is 0 Å². The topological polar surface area (TPSA) is 13.0 Å². The van der Waals surface area contributed by atoms with E-state index in [2.05, 4.69) is 365 Å². The molecule has 0 atom stereocenters. The highest BCUT2D eigenvalue weighted by atomic mass is 15.2. The van der Waals surface area contributed by atoms with Crippen molar-refractivity contribution in [1.82, 2.24) is 0 Å². The summed E-state index contributed by atoms with van der Waals surface area (Å²) in [5.41, 5.74) is 28.5. The minimum Gasteiger partial charge on any atom is -0.311 e. The van der Waals surface area contributed by atoms with Crippen molar-refractivity contribution in [3.63, 3.8) is 0 Å². The normalized spacial score (nSPS) is 12.1. The fourth-order valence-corrected chi connectivity index (χ4v) is 13.2. The number of aryl methyl sites for hydroxylation is 7. The molecule has 88 heavy (non-hydrogen) atoms. The van der Waals surface area contributed by atoms with Gasteiger partial charge in [0.05, 0.1) is 5.41 Å². The van der Waals surface area contributed by atoms with Gasteiger partial charge in [0, 0.05) is 68.2 Å². The number of hydrogen-bond acceptors (Lipinski definition) is 4. The predicted molar refractivity (Wildman–Crippen MR) is 373 cm³/mol. The Hall–Kier alpha value is -10.7. The molecule has 0 radical (unpaired) electrons. The number of anilines is 12. The molecule has 0 spiro atoms. The molecule has 1 aliphatic rings. The molecule has 0 saturated heterocycles. The molecule has 4 nitrogen and oxygen atoms in total. The molecule has 0 fully saturated rings. The molecule has 0 aromatic heterocycles. The molecule has 0 heterocycles. The van der Waals surface area contributed by atoms with Gasteiger partial charge in [-0.1, -0.05) is 191 Å². The van der Waals surface area contributed by atoms with Crippen molar-refractivity contribution in [2.24, 2.45) is 0 Å². The van der Waals surface area contributed by atoms with Gasteiger partial charge in [-0.3, -0.25) is 0 Å². The Balaban J connectivity index is 0.895. The summed E-state index contributed by atoms with van der Waals surface area (Å²) in [6.07, 6.45) is 0.